The van der Waals surface area contributed by atoms with Gasteiger partial charge in [-0.15, -0.1) is 11.3 Å². The molecule has 1 rings (SSSR count). The maximum absolute atomic E-state index is 7.47. The third-order valence-corrected chi connectivity index (χ3v) is 2.76. The van der Waals surface area contributed by atoms with E-state index in [0.717, 1.165) is 8.66 Å². The summed E-state index contributed by atoms with van der Waals surface area (Å²) in [5.74, 6) is 0. The zero-order chi connectivity index (χ0) is 8.27. The summed E-state index contributed by atoms with van der Waals surface area (Å²) >= 11 is 4.84. The van der Waals surface area contributed by atoms with Crippen LogP contribution >= 0.6 is 27.3 Å². The second kappa shape index (κ2) is 3.69. The van der Waals surface area contributed by atoms with Crippen molar-refractivity contribution in [3.8, 4) is 0 Å². The Morgan fingerprint density at radius 1 is 1.64 bits per heavy atom. The lowest BCUT2D eigenvalue weighted by Gasteiger charge is -1.88. The summed E-state index contributed by atoms with van der Waals surface area (Å²) in [6.45, 7) is 0. The van der Waals surface area contributed by atoms with Crippen LogP contribution < -0.4 is 5.73 Å². The van der Waals surface area contributed by atoms with Gasteiger partial charge in [-0.25, -0.2) is 0 Å². The van der Waals surface area contributed by atoms with Crippen molar-refractivity contribution < 1.29 is 0 Å². The van der Waals surface area contributed by atoms with Gasteiger partial charge < -0.3 is 5.73 Å². The van der Waals surface area contributed by atoms with Gasteiger partial charge in [0.25, 0.3) is 0 Å². The van der Waals surface area contributed by atoms with Gasteiger partial charge >= 0.3 is 0 Å². The molecule has 0 spiro atoms. The number of halogens is 1. The highest BCUT2D eigenvalue weighted by Crippen LogP contribution is 2.22. The standard InChI is InChI=1S/C7H7BrN2S/c8-7-2-1-6(11-7)5(10)3-4-9/h1-4,10H,9H2/b4-3-,10-5?. The minimum atomic E-state index is 0.447. The first-order chi connectivity index (χ1) is 5.24. The van der Waals surface area contributed by atoms with Crippen LogP contribution in [0.1, 0.15) is 4.88 Å². The Hall–Kier alpha value is -0.610. The molecule has 3 N–H and O–H groups in total. The van der Waals surface area contributed by atoms with Crippen molar-refractivity contribution >= 4 is 33.0 Å². The van der Waals surface area contributed by atoms with Crippen LogP contribution in [0.15, 0.2) is 28.2 Å². The van der Waals surface area contributed by atoms with E-state index in [1.54, 1.807) is 6.08 Å². The molecule has 0 unspecified atom stereocenters. The molecule has 0 fully saturated rings. The van der Waals surface area contributed by atoms with Crippen LogP contribution in [0.25, 0.3) is 0 Å². The molecule has 2 nitrogen and oxygen atoms in total. The Labute approximate surface area is 77.4 Å². The van der Waals surface area contributed by atoms with Crippen LogP contribution in [0.4, 0.5) is 0 Å². The van der Waals surface area contributed by atoms with E-state index in [1.807, 2.05) is 12.1 Å². The fourth-order valence-corrected chi connectivity index (χ4v) is 1.95. The zero-order valence-corrected chi connectivity index (χ0v) is 8.08. The molecule has 11 heavy (non-hydrogen) atoms. The van der Waals surface area contributed by atoms with E-state index in [-0.39, 0.29) is 0 Å². The summed E-state index contributed by atoms with van der Waals surface area (Å²) in [6, 6.07) is 3.80. The van der Waals surface area contributed by atoms with E-state index in [0.29, 0.717) is 5.71 Å². The monoisotopic (exact) mass is 230 g/mol. The van der Waals surface area contributed by atoms with Crippen molar-refractivity contribution in [1.29, 1.82) is 5.41 Å². The van der Waals surface area contributed by atoms with Crippen LogP contribution in [-0.4, -0.2) is 5.71 Å². The highest BCUT2D eigenvalue weighted by Gasteiger charge is 1.99. The van der Waals surface area contributed by atoms with E-state index in [1.165, 1.54) is 17.5 Å². The Kier molecular flexibility index (Phi) is 2.84. The predicted octanol–water partition coefficient (Wildman–Crippen LogP) is 2.35. The molecule has 1 aromatic heterocycles. The maximum Gasteiger partial charge on any atom is 0.0726 e. The lowest BCUT2D eigenvalue weighted by Crippen LogP contribution is -1.91. The summed E-state index contributed by atoms with van der Waals surface area (Å²) in [5, 5.41) is 7.47. The molecule has 0 amide bonds. The lowest BCUT2D eigenvalue weighted by atomic mass is 10.3. The van der Waals surface area contributed by atoms with Crippen molar-refractivity contribution in [1.82, 2.24) is 0 Å². The van der Waals surface area contributed by atoms with Crippen LogP contribution in [-0.2, 0) is 0 Å². The van der Waals surface area contributed by atoms with Gasteiger partial charge in [0.1, 0.15) is 0 Å². The second-order valence-electron chi connectivity index (χ2n) is 1.88. The minimum Gasteiger partial charge on any atom is -0.405 e. The Bertz CT molecular complexity index is 290. The SMILES string of the molecule is N=C(/C=C\N)c1ccc(Br)s1. The van der Waals surface area contributed by atoms with E-state index >= 15 is 0 Å². The van der Waals surface area contributed by atoms with Crippen LogP contribution in [0, 0.1) is 5.41 Å². The molecule has 0 saturated heterocycles. The molecular weight excluding hydrogens is 224 g/mol. The number of allylic oxidation sites excluding steroid dienone is 1. The first kappa shape index (κ1) is 8.49. The first-order valence-electron chi connectivity index (χ1n) is 2.96. The van der Waals surface area contributed by atoms with Gasteiger partial charge in [-0.3, -0.25) is 5.41 Å². The van der Waals surface area contributed by atoms with E-state index < -0.39 is 0 Å². The molecule has 58 valence electrons. The van der Waals surface area contributed by atoms with Crippen molar-refractivity contribution in [2.75, 3.05) is 0 Å². The molecule has 4 heteroatoms. The summed E-state index contributed by atoms with van der Waals surface area (Å²) in [6.07, 6.45) is 2.94. The zero-order valence-electron chi connectivity index (χ0n) is 5.67. The summed E-state index contributed by atoms with van der Waals surface area (Å²) in [7, 11) is 0. The quantitative estimate of drug-likeness (QED) is 0.754. The van der Waals surface area contributed by atoms with E-state index in [4.69, 9.17) is 11.1 Å². The Morgan fingerprint density at radius 2 is 2.36 bits per heavy atom. The van der Waals surface area contributed by atoms with Crippen molar-refractivity contribution in [2.45, 2.75) is 0 Å². The highest BCUT2D eigenvalue weighted by atomic mass is 79.9. The van der Waals surface area contributed by atoms with Crippen LogP contribution in [0.5, 0.6) is 0 Å². The third-order valence-electron chi connectivity index (χ3n) is 1.10. The molecule has 0 aliphatic carbocycles. The van der Waals surface area contributed by atoms with Gasteiger partial charge in [0.2, 0.25) is 0 Å². The van der Waals surface area contributed by atoms with Crippen LogP contribution in [0.3, 0.4) is 0 Å². The number of nitrogens with one attached hydrogen (secondary N) is 1. The highest BCUT2D eigenvalue weighted by molar-refractivity contribution is 9.11. The third kappa shape index (κ3) is 2.17. The molecule has 0 aliphatic heterocycles. The van der Waals surface area contributed by atoms with Crippen molar-refractivity contribution in [3.63, 3.8) is 0 Å². The van der Waals surface area contributed by atoms with Gasteiger partial charge in [-0.05, 0) is 40.3 Å². The fraction of sp³-hybridized carbons (Fsp3) is 0. The number of thiophene rings is 1. The number of hydrogen-bond donors (Lipinski definition) is 2. The molecular formula is C7H7BrN2S. The lowest BCUT2D eigenvalue weighted by molar-refractivity contribution is 1.51. The first-order valence-corrected chi connectivity index (χ1v) is 4.57. The smallest absolute Gasteiger partial charge is 0.0726 e. The van der Waals surface area contributed by atoms with Crippen LogP contribution in [0.2, 0.25) is 0 Å². The largest absolute Gasteiger partial charge is 0.405 e. The van der Waals surface area contributed by atoms with Crippen molar-refractivity contribution in [2.24, 2.45) is 5.73 Å². The molecule has 0 atom stereocenters. The molecule has 0 aliphatic rings. The summed E-state index contributed by atoms with van der Waals surface area (Å²) < 4.78 is 1.03. The van der Waals surface area contributed by atoms with Gasteiger partial charge in [0.05, 0.1) is 14.4 Å². The average molecular weight is 231 g/mol. The van der Waals surface area contributed by atoms with Gasteiger partial charge in [-0.2, -0.15) is 0 Å². The number of rotatable bonds is 2. The fourth-order valence-electron chi connectivity index (χ4n) is 0.637. The topological polar surface area (TPSA) is 49.9 Å². The number of nitrogens with two attached hydrogens (primary N) is 1. The average Bonchev–Trinajstić information content (AvgIpc) is 2.36. The second-order valence-corrected chi connectivity index (χ2v) is 4.34. The molecule has 0 saturated carbocycles. The van der Waals surface area contributed by atoms with E-state index in [2.05, 4.69) is 15.9 Å². The predicted molar refractivity (Wildman–Crippen MR) is 52.2 cm³/mol. The van der Waals surface area contributed by atoms with Gasteiger partial charge in [0, 0.05) is 0 Å². The molecule has 0 radical (unpaired) electrons. The molecule has 1 aromatic rings. The minimum absolute atomic E-state index is 0.447. The molecule has 1 heterocycles. The molecule has 0 aromatic carbocycles. The summed E-state index contributed by atoms with van der Waals surface area (Å²) in [5.41, 5.74) is 5.59. The number of hydrogen-bond acceptors (Lipinski definition) is 3. The summed E-state index contributed by atoms with van der Waals surface area (Å²) in [4.78, 5) is 0.915. The Balaban J connectivity index is 2.85. The van der Waals surface area contributed by atoms with E-state index in [9.17, 15) is 0 Å². The maximum atomic E-state index is 7.47. The van der Waals surface area contributed by atoms with Gasteiger partial charge in [0.15, 0.2) is 0 Å². The Morgan fingerprint density at radius 3 is 2.82 bits per heavy atom. The molecule has 0 bridgehead atoms. The normalized spacial score (nSPS) is 10.6. The van der Waals surface area contributed by atoms with Crippen molar-refractivity contribution in [3.05, 3.63) is 33.1 Å². The van der Waals surface area contributed by atoms with Gasteiger partial charge in [-0.1, -0.05) is 0 Å².